The third kappa shape index (κ3) is 4.79. The number of nitrogens with one attached hydrogen (secondary N) is 1. The van der Waals surface area contributed by atoms with E-state index in [1.807, 2.05) is 12.1 Å². The molecule has 0 heterocycles. The van der Waals surface area contributed by atoms with Gasteiger partial charge in [-0.15, -0.1) is 0 Å². The van der Waals surface area contributed by atoms with Crippen molar-refractivity contribution in [1.29, 1.82) is 5.26 Å². The second-order valence-corrected chi connectivity index (χ2v) is 6.53. The zero-order valence-electron chi connectivity index (χ0n) is 13.5. The lowest BCUT2D eigenvalue weighted by atomic mass is 10.2. The van der Waals surface area contributed by atoms with Crippen LogP contribution in [0.5, 0.6) is 0 Å². The van der Waals surface area contributed by atoms with E-state index in [-0.39, 0.29) is 18.3 Å². The lowest BCUT2D eigenvalue weighted by Crippen LogP contribution is -2.34. The van der Waals surface area contributed by atoms with Crippen LogP contribution in [0.15, 0.2) is 42.5 Å². The van der Waals surface area contributed by atoms with Crippen LogP contribution in [-0.4, -0.2) is 23.4 Å². The van der Waals surface area contributed by atoms with Gasteiger partial charge in [0.1, 0.15) is 11.9 Å². The normalized spacial score (nSPS) is 13.5. The van der Waals surface area contributed by atoms with Gasteiger partial charge in [-0.3, -0.25) is 9.69 Å². The number of benzene rings is 2. The molecule has 1 aliphatic carbocycles. The Balaban J connectivity index is 1.63. The molecule has 0 radical (unpaired) electrons. The molecular weight excluding hydrogens is 341 g/mol. The van der Waals surface area contributed by atoms with E-state index in [0.29, 0.717) is 28.9 Å². The van der Waals surface area contributed by atoms with Gasteiger partial charge in [-0.2, -0.15) is 5.26 Å². The van der Waals surface area contributed by atoms with Crippen molar-refractivity contribution in [3.8, 4) is 6.07 Å². The van der Waals surface area contributed by atoms with Gasteiger partial charge in [-0.05, 0) is 48.7 Å². The van der Waals surface area contributed by atoms with Crippen molar-refractivity contribution >= 4 is 23.2 Å². The Labute approximate surface area is 150 Å². The van der Waals surface area contributed by atoms with E-state index in [2.05, 4.69) is 10.2 Å². The van der Waals surface area contributed by atoms with Crippen LogP contribution < -0.4 is 5.32 Å². The van der Waals surface area contributed by atoms with E-state index in [1.54, 1.807) is 24.3 Å². The van der Waals surface area contributed by atoms with E-state index in [0.717, 1.165) is 18.4 Å². The van der Waals surface area contributed by atoms with Gasteiger partial charge >= 0.3 is 0 Å². The van der Waals surface area contributed by atoms with E-state index in [1.165, 1.54) is 12.1 Å². The lowest BCUT2D eigenvalue weighted by molar-refractivity contribution is -0.117. The molecule has 4 nitrogen and oxygen atoms in total. The fourth-order valence-corrected chi connectivity index (χ4v) is 2.91. The molecule has 1 N–H and O–H groups in total. The Morgan fingerprint density at radius 1 is 1.32 bits per heavy atom. The Bertz CT molecular complexity index is 830. The van der Waals surface area contributed by atoms with Gasteiger partial charge in [0, 0.05) is 18.3 Å². The minimum Gasteiger partial charge on any atom is -0.325 e. The largest absolute Gasteiger partial charge is 0.325 e. The molecule has 1 fully saturated rings. The first kappa shape index (κ1) is 17.4. The molecule has 0 atom stereocenters. The molecule has 1 saturated carbocycles. The van der Waals surface area contributed by atoms with Crippen molar-refractivity contribution in [1.82, 2.24) is 4.90 Å². The average molecular weight is 358 g/mol. The second-order valence-electron chi connectivity index (χ2n) is 6.12. The Kier molecular flexibility index (Phi) is 5.32. The lowest BCUT2D eigenvalue weighted by Gasteiger charge is -2.21. The maximum Gasteiger partial charge on any atom is 0.238 e. The molecule has 3 rings (SSSR count). The minimum absolute atomic E-state index is 0.163. The molecule has 0 saturated heterocycles. The van der Waals surface area contributed by atoms with Crippen molar-refractivity contribution in [3.63, 3.8) is 0 Å². The molecule has 1 amide bonds. The van der Waals surface area contributed by atoms with Crippen LogP contribution in [0.1, 0.15) is 24.0 Å². The van der Waals surface area contributed by atoms with Crippen LogP contribution in [0.3, 0.4) is 0 Å². The summed E-state index contributed by atoms with van der Waals surface area (Å²) in [6.45, 7) is 0.753. The fourth-order valence-electron chi connectivity index (χ4n) is 2.69. The Morgan fingerprint density at radius 2 is 2.12 bits per heavy atom. The van der Waals surface area contributed by atoms with Crippen LogP contribution >= 0.6 is 11.6 Å². The van der Waals surface area contributed by atoms with Gasteiger partial charge in [0.25, 0.3) is 0 Å². The molecule has 0 bridgehead atoms. The topological polar surface area (TPSA) is 56.1 Å². The summed E-state index contributed by atoms with van der Waals surface area (Å²) < 4.78 is 13.4. The molecule has 0 aromatic heterocycles. The Hall–Kier alpha value is -2.42. The highest BCUT2D eigenvalue weighted by atomic mass is 35.5. The molecule has 2 aromatic carbocycles. The first-order valence-corrected chi connectivity index (χ1v) is 8.41. The SMILES string of the molecule is N#Cc1ccc(NC(=O)CN(Cc2cccc(F)c2)C2CC2)cc1Cl. The van der Waals surface area contributed by atoms with E-state index in [9.17, 15) is 9.18 Å². The predicted molar refractivity (Wildman–Crippen MR) is 94.6 cm³/mol. The number of nitrogens with zero attached hydrogens (tertiary/aromatic N) is 2. The van der Waals surface area contributed by atoms with Gasteiger partial charge in [0.15, 0.2) is 0 Å². The first-order chi connectivity index (χ1) is 12.0. The minimum atomic E-state index is -0.273. The number of nitriles is 1. The second kappa shape index (κ2) is 7.64. The summed E-state index contributed by atoms with van der Waals surface area (Å²) in [5.41, 5.74) is 1.77. The number of amides is 1. The first-order valence-electron chi connectivity index (χ1n) is 8.03. The standard InChI is InChI=1S/C19H17ClFN3O/c20-18-9-16(5-4-14(18)10-22)23-19(25)12-24(17-6-7-17)11-13-2-1-3-15(21)8-13/h1-5,8-9,17H,6-7,11-12H2,(H,23,25). The van der Waals surface area contributed by atoms with Crippen molar-refractivity contribution in [2.75, 3.05) is 11.9 Å². The summed E-state index contributed by atoms with van der Waals surface area (Å²) in [6.07, 6.45) is 2.09. The van der Waals surface area contributed by atoms with Crippen LogP contribution in [0.4, 0.5) is 10.1 Å². The maximum atomic E-state index is 13.4. The number of anilines is 1. The van der Waals surface area contributed by atoms with E-state index < -0.39 is 0 Å². The highest BCUT2D eigenvalue weighted by Gasteiger charge is 2.30. The number of carbonyl (C=O) groups is 1. The van der Waals surface area contributed by atoms with Crippen molar-refractivity contribution < 1.29 is 9.18 Å². The summed E-state index contributed by atoms with van der Waals surface area (Å²) in [5.74, 6) is -0.436. The summed E-state index contributed by atoms with van der Waals surface area (Å²) in [6, 6.07) is 13.6. The third-order valence-electron chi connectivity index (χ3n) is 4.06. The van der Waals surface area contributed by atoms with Crippen molar-refractivity contribution in [2.45, 2.75) is 25.4 Å². The summed E-state index contributed by atoms with van der Waals surface area (Å²) in [5, 5.41) is 12.0. The van der Waals surface area contributed by atoms with Gasteiger partial charge in [0.05, 0.1) is 17.1 Å². The molecule has 0 spiro atoms. The predicted octanol–water partition coefficient (Wildman–Crippen LogP) is 3.95. The average Bonchev–Trinajstić information content (AvgIpc) is 3.39. The summed E-state index contributed by atoms with van der Waals surface area (Å²) in [4.78, 5) is 14.4. The maximum absolute atomic E-state index is 13.4. The molecule has 2 aromatic rings. The number of carbonyl (C=O) groups excluding carboxylic acids is 1. The monoisotopic (exact) mass is 357 g/mol. The summed E-state index contributed by atoms with van der Waals surface area (Å²) in [7, 11) is 0. The van der Waals surface area contributed by atoms with Gasteiger partial charge < -0.3 is 5.32 Å². The van der Waals surface area contributed by atoms with Crippen molar-refractivity contribution in [2.24, 2.45) is 0 Å². The smallest absolute Gasteiger partial charge is 0.238 e. The highest BCUT2D eigenvalue weighted by Crippen LogP contribution is 2.28. The van der Waals surface area contributed by atoms with Crippen LogP contribution in [0.25, 0.3) is 0 Å². The molecule has 25 heavy (non-hydrogen) atoms. The molecule has 0 aliphatic heterocycles. The van der Waals surface area contributed by atoms with E-state index in [4.69, 9.17) is 16.9 Å². The zero-order valence-corrected chi connectivity index (χ0v) is 14.3. The quantitative estimate of drug-likeness (QED) is 0.851. The molecule has 128 valence electrons. The van der Waals surface area contributed by atoms with Crippen molar-refractivity contribution in [3.05, 3.63) is 64.4 Å². The summed E-state index contributed by atoms with van der Waals surface area (Å²) >= 11 is 5.98. The van der Waals surface area contributed by atoms with Crippen LogP contribution in [0, 0.1) is 17.1 Å². The number of hydrogen-bond donors (Lipinski definition) is 1. The Morgan fingerprint density at radius 3 is 2.76 bits per heavy atom. The molecule has 1 aliphatic rings. The number of halogens is 2. The number of rotatable bonds is 6. The molecule has 0 unspecified atom stereocenters. The number of hydrogen-bond acceptors (Lipinski definition) is 3. The third-order valence-corrected chi connectivity index (χ3v) is 4.37. The highest BCUT2D eigenvalue weighted by molar-refractivity contribution is 6.32. The van der Waals surface area contributed by atoms with Crippen LogP contribution in [0.2, 0.25) is 5.02 Å². The van der Waals surface area contributed by atoms with Gasteiger partial charge in [-0.1, -0.05) is 23.7 Å². The zero-order chi connectivity index (χ0) is 17.8. The van der Waals surface area contributed by atoms with Gasteiger partial charge in [0.2, 0.25) is 5.91 Å². The van der Waals surface area contributed by atoms with Gasteiger partial charge in [-0.25, -0.2) is 4.39 Å². The van der Waals surface area contributed by atoms with E-state index >= 15 is 0 Å². The van der Waals surface area contributed by atoms with Crippen LogP contribution in [-0.2, 0) is 11.3 Å². The molecular formula is C19H17ClFN3O. The fraction of sp³-hybridized carbons (Fsp3) is 0.263. The molecule has 6 heteroatoms.